The molecule has 0 amide bonds. The Kier molecular flexibility index (Phi) is 4.59. The topological polar surface area (TPSA) is 42.2 Å². The van der Waals surface area contributed by atoms with Gasteiger partial charge in [0, 0.05) is 30.4 Å². The molecule has 18 heavy (non-hydrogen) atoms. The number of pyridine rings is 1. The molecule has 1 aliphatic heterocycles. The Bertz CT molecular complexity index is 389. The van der Waals surface area contributed by atoms with Crippen molar-refractivity contribution in [1.29, 1.82) is 0 Å². The lowest BCUT2D eigenvalue weighted by molar-refractivity contribution is 0.550. The lowest BCUT2D eigenvalue weighted by Gasteiger charge is -2.32. The fraction of sp³-hybridized carbons (Fsp3) is 0.667. The maximum Gasteiger partial charge on any atom is 0.133 e. The zero-order valence-corrected chi connectivity index (χ0v) is 11.7. The van der Waals surface area contributed by atoms with Gasteiger partial charge < -0.3 is 10.6 Å². The molecular formula is C15H25N3. The summed E-state index contributed by atoms with van der Waals surface area (Å²) < 4.78 is 0. The lowest BCUT2D eigenvalue weighted by atomic mass is 10.1. The molecule has 0 bridgehead atoms. The molecule has 0 spiro atoms. The highest BCUT2D eigenvalue weighted by Gasteiger charge is 2.22. The molecule has 3 nitrogen and oxygen atoms in total. The second kappa shape index (κ2) is 6.19. The van der Waals surface area contributed by atoms with E-state index in [2.05, 4.69) is 30.9 Å². The molecule has 1 aromatic rings. The molecule has 0 saturated carbocycles. The summed E-state index contributed by atoms with van der Waals surface area (Å²) in [5.41, 5.74) is 8.13. The van der Waals surface area contributed by atoms with Crippen LogP contribution in [0.15, 0.2) is 12.1 Å². The predicted molar refractivity (Wildman–Crippen MR) is 76.8 cm³/mol. The number of aryl methyl sites for hydroxylation is 1. The molecule has 2 heterocycles. The summed E-state index contributed by atoms with van der Waals surface area (Å²) >= 11 is 0. The predicted octanol–water partition coefficient (Wildman–Crippen LogP) is 3.01. The lowest BCUT2D eigenvalue weighted by Crippen LogP contribution is -2.36. The molecule has 1 aromatic heterocycles. The number of nitrogens with two attached hydrogens (primary N) is 1. The Balaban J connectivity index is 2.34. The minimum Gasteiger partial charge on any atom is -0.353 e. The van der Waals surface area contributed by atoms with Crippen LogP contribution in [0.2, 0.25) is 0 Å². The molecule has 3 heteroatoms. The summed E-state index contributed by atoms with van der Waals surface area (Å²) in [6.07, 6.45) is 6.45. The molecule has 1 unspecified atom stereocenters. The average molecular weight is 247 g/mol. The molecule has 100 valence electrons. The van der Waals surface area contributed by atoms with E-state index in [4.69, 9.17) is 10.7 Å². The largest absolute Gasteiger partial charge is 0.353 e. The van der Waals surface area contributed by atoms with Crippen LogP contribution in [0.1, 0.15) is 50.3 Å². The van der Waals surface area contributed by atoms with E-state index in [1.807, 2.05) is 0 Å². The van der Waals surface area contributed by atoms with Gasteiger partial charge in [0.2, 0.25) is 0 Å². The monoisotopic (exact) mass is 247 g/mol. The van der Waals surface area contributed by atoms with Crippen molar-refractivity contribution >= 4 is 5.82 Å². The maximum absolute atomic E-state index is 5.87. The minimum absolute atomic E-state index is 0.579. The van der Waals surface area contributed by atoms with Crippen LogP contribution >= 0.6 is 0 Å². The summed E-state index contributed by atoms with van der Waals surface area (Å²) in [6, 6.07) is 4.83. The van der Waals surface area contributed by atoms with Crippen molar-refractivity contribution in [2.45, 2.75) is 58.5 Å². The van der Waals surface area contributed by atoms with Gasteiger partial charge in [0.05, 0.1) is 0 Å². The van der Waals surface area contributed by atoms with Crippen molar-refractivity contribution in [2.75, 3.05) is 11.4 Å². The van der Waals surface area contributed by atoms with Gasteiger partial charge in [0.15, 0.2) is 0 Å². The van der Waals surface area contributed by atoms with E-state index in [-0.39, 0.29) is 0 Å². The molecule has 1 aliphatic rings. The molecule has 0 aliphatic carbocycles. The van der Waals surface area contributed by atoms with E-state index < -0.39 is 0 Å². The highest BCUT2D eigenvalue weighted by atomic mass is 15.2. The van der Waals surface area contributed by atoms with Gasteiger partial charge in [-0.1, -0.05) is 25.8 Å². The number of nitrogens with zero attached hydrogens (tertiary/aromatic N) is 2. The first-order valence-corrected chi connectivity index (χ1v) is 7.19. The Morgan fingerprint density at radius 1 is 1.33 bits per heavy atom. The van der Waals surface area contributed by atoms with Crippen LogP contribution < -0.4 is 10.6 Å². The van der Waals surface area contributed by atoms with Gasteiger partial charge in [-0.05, 0) is 32.3 Å². The fourth-order valence-electron chi connectivity index (χ4n) is 2.86. The standard InChI is InChI=1S/C15H25N3/c1-3-14-7-5-4-6-10-18(14)15-13(11-16)9-8-12(2)17-15/h8-9,14H,3-7,10-11,16H2,1-2H3. The minimum atomic E-state index is 0.579. The van der Waals surface area contributed by atoms with Gasteiger partial charge in [0.25, 0.3) is 0 Å². The first-order chi connectivity index (χ1) is 8.76. The highest BCUT2D eigenvalue weighted by molar-refractivity contribution is 5.49. The molecule has 0 aromatic carbocycles. The Morgan fingerprint density at radius 3 is 2.89 bits per heavy atom. The summed E-state index contributed by atoms with van der Waals surface area (Å²) in [5.74, 6) is 1.13. The molecular weight excluding hydrogens is 222 g/mol. The summed E-state index contributed by atoms with van der Waals surface area (Å²) in [5, 5.41) is 0. The molecule has 0 radical (unpaired) electrons. The number of hydrogen-bond donors (Lipinski definition) is 1. The van der Waals surface area contributed by atoms with Gasteiger partial charge in [-0.15, -0.1) is 0 Å². The average Bonchev–Trinajstić information content (AvgIpc) is 2.63. The van der Waals surface area contributed by atoms with Crippen LogP contribution in [0, 0.1) is 6.92 Å². The second-order valence-electron chi connectivity index (χ2n) is 5.24. The number of rotatable bonds is 3. The Morgan fingerprint density at radius 2 is 2.17 bits per heavy atom. The molecule has 1 atom stereocenters. The SMILES string of the molecule is CCC1CCCCCN1c1nc(C)ccc1CN. The van der Waals surface area contributed by atoms with Gasteiger partial charge in [0.1, 0.15) is 5.82 Å². The van der Waals surface area contributed by atoms with Crippen molar-refractivity contribution in [1.82, 2.24) is 4.98 Å². The van der Waals surface area contributed by atoms with Crippen molar-refractivity contribution < 1.29 is 0 Å². The van der Waals surface area contributed by atoms with E-state index in [9.17, 15) is 0 Å². The van der Waals surface area contributed by atoms with Crippen LogP contribution in [0.4, 0.5) is 5.82 Å². The third-order valence-electron chi connectivity index (χ3n) is 3.94. The normalized spacial score (nSPS) is 20.8. The van der Waals surface area contributed by atoms with Crippen LogP contribution in [-0.4, -0.2) is 17.6 Å². The fourth-order valence-corrected chi connectivity index (χ4v) is 2.86. The molecule has 1 fully saturated rings. The first kappa shape index (κ1) is 13.3. The number of hydrogen-bond acceptors (Lipinski definition) is 3. The third-order valence-corrected chi connectivity index (χ3v) is 3.94. The van der Waals surface area contributed by atoms with Crippen LogP contribution in [0.25, 0.3) is 0 Å². The van der Waals surface area contributed by atoms with Crippen LogP contribution in [0.5, 0.6) is 0 Å². The van der Waals surface area contributed by atoms with Gasteiger partial charge in [-0.3, -0.25) is 0 Å². The highest BCUT2D eigenvalue weighted by Crippen LogP contribution is 2.27. The van der Waals surface area contributed by atoms with E-state index in [1.54, 1.807) is 0 Å². The first-order valence-electron chi connectivity index (χ1n) is 7.19. The van der Waals surface area contributed by atoms with Gasteiger partial charge in [-0.2, -0.15) is 0 Å². The Hall–Kier alpha value is -1.09. The third kappa shape index (κ3) is 2.83. The van der Waals surface area contributed by atoms with E-state index in [0.717, 1.165) is 18.1 Å². The molecule has 2 N–H and O–H groups in total. The zero-order valence-electron chi connectivity index (χ0n) is 11.7. The van der Waals surface area contributed by atoms with Crippen molar-refractivity contribution in [2.24, 2.45) is 5.73 Å². The number of aromatic nitrogens is 1. The number of anilines is 1. The molecule has 2 rings (SSSR count). The maximum atomic E-state index is 5.87. The second-order valence-corrected chi connectivity index (χ2v) is 5.24. The zero-order chi connectivity index (χ0) is 13.0. The van der Waals surface area contributed by atoms with Crippen molar-refractivity contribution in [3.05, 3.63) is 23.4 Å². The van der Waals surface area contributed by atoms with E-state index >= 15 is 0 Å². The van der Waals surface area contributed by atoms with Crippen LogP contribution in [0.3, 0.4) is 0 Å². The van der Waals surface area contributed by atoms with Crippen molar-refractivity contribution in [3.63, 3.8) is 0 Å². The quantitative estimate of drug-likeness (QED) is 0.892. The van der Waals surface area contributed by atoms with Gasteiger partial charge >= 0.3 is 0 Å². The van der Waals surface area contributed by atoms with E-state index in [1.165, 1.54) is 37.7 Å². The smallest absolute Gasteiger partial charge is 0.133 e. The van der Waals surface area contributed by atoms with E-state index in [0.29, 0.717) is 12.6 Å². The van der Waals surface area contributed by atoms with Crippen molar-refractivity contribution in [3.8, 4) is 0 Å². The summed E-state index contributed by atoms with van der Waals surface area (Å²) in [7, 11) is 0. The van der Waals surface area contributed by atoms with Crippen LogP contribution in [-0.2, 0) is 6.54 Å². The van der Waals surface area contributed by atoms with Gasteiger partial charge in [-0.25, -0.2) is 4.98 Å². The Labute approximate surface area is 110 Å². The summed E-state index contributed by atoms with van der Waals surface area (Å²) in [6.45, 7) is 6.04. The molecule has 1 saturated heterocycles. The summed E-state index contributed by atoms with van der Waals surface area (Å²) in [4.78, 5) is 7.26.